The van der Waals surface area contributed by atoms with Crippen molar-refractivity contribution in [2.45, 2.75) is 6.92 Å². The largest absolute Gasteiger partial charge is 0.494 e. The van der Waals surface area contributed by atoms with Crippen molar-refractivity contribution >= 4 is 34.4 Å². The zero-order chi connectivity index (χ0) is 17.8. The normalized spacial score (nSPS) is 11.2. The topological polar surface area (TPSA) is 55.2 Å². The van der Waals surface area contributed by atoms with Gasteiger partial charge in [0.2, 0.25) is 4.77 Å². The quantitative estimate of drug-likeness (QED) is 0.476. The van der Waals surface area contributed by atoms with Gasteiger partial charge in [0.25, 0.3) is 0 Å². The van der Waals surface area contributed by atoms with Gasteiger partial charge in [-0.1, -0.05) is 15.9 Å². The number of hydrogen-bond acceptors (Lipinski definition) is 4. The smallest absolute Gasteiger partial charge is 0.216 e. The molecule has 0 saturated carbocycles. The van der Waals surface area contributed by atoms with Crippen molar-refractivity contribution in [3.05, 3.63) is 63.1 Å². The maximum Gasteiger partial charge on any atom is 0.216 e. The molecular formula is C17H14BrFN4OS. The van der Waals surface area contributed by atoms with Crippen LogP contribution >= 0.6 is 28.1 Å². The third-order valence-electron chi connectivity index (χ3n) is 3.34. The fourth-order valence-corrected chi connectivity index (χ4v) is 2.74. The number of rotatable bonds is 5. The van der Waals surface area contributed by atoms with Crippen LogP contribution in [0.1, 0.15) is 12.5 Å². The Morgan fingerprint density at radius 3 is 2.80 bits per heavy atom. The number of halogens is 2. The molecule has 0 saturated heterocycles. The number of aromatic amines is 1. The van der Waals surface area contributed by atoms with E-state index in [0.717, 1.165) is 15.8 Å². The number of H-pyrrole nitrogens is 1. The van der Waals surface area contributed by atoms with Crippen molar-refractivity contribution < 1.29 is 9.13 Å². The molecule has 0 amide bonds. The molecule has 0 aliphatic carbocycles. The van der Waals surface area contributed by atoms with Crippen LogP contribution in [0.4, 0.5) is 4.39 Å². The van der Waals surface area contributed by atoms with Crippen LogP contribution in [-0.4, -0.2) is 27.7 Å². The molecule has 1 N–H and O–H groups in total. The third-order valence-corrected chi connectivity index (χ3v) is 4.10. The average molecular weight is 421 g/mol. The summed E-state index contributed by atoms with van der Waals surface area (Å²) < 4.78 is 21.8. The molecule has 128 valence electrons. The number of benzene rings is 2. The van der Waals surface area contributed by atoms with Crippen molar-refractivity contribution in [3.8, 4) is 17.1 Å². The van der Waals surface area contributed by atoms with Crippen LogP contribution in [0.25, 0.3) is 11.4 Å². The molecule has 1 heterocycles. The third kappa shape index (κ3) is 4.02. The zero-order valence-electron chi connectivity index (χ0n) is 13.2. The Bertz CT molecular complexity index is 966. The summed E-state index contributed by atoms with van der Waals surface area (Å²) in [6.07, 6.45) is 1.41. The molecule has 0 aliphatic rings. The van der Waals surface area contributed by atoms with Crippen LogP contribution in [0.2, 0.25) is 0 Å². The lowest BCUT2D eigenvalue weighted by Gasteiger charge is -2.04. The molecule has 0 fully saturated rings. The summed E-state index contributed by atoms with van der Waals surface area (Å²) in [6, 6.07) is 12.1. The minimum Gasteiger partial charge on any atom is -0.494 e. The molecule has 3 aromatic rings. The highest BCUT2D eigenvalue weighted by Crippen LogP contribution is 2.21. The molecule has 0 spiro atoms. The van der Waals surface area contributed by atoms with Gasteiger partial charge in [-0.05, 0) is 61.6 Å². The first-order chi connectivity index (χ1) is 12.1. The van der Waals surface area contributed by atoms with E-state index in [1.54, 1.807) is 12.1 Å². The van der Waals surface area contributed by atoms with Gasteiger partial charge in [0.05, 0.1) is 12.8 Å². The zero-order valence-corrected chi connectivity index (χ0v) is 15.6. The standard InChI is InChI=1S/C17H14BrFN4OS/c1-2-24-14-6-3-11(4-7-14)16-21-22-17(25)23(16)20-10-12-9-13(18)5-8-15(12)19/h3-10H,2H2,1H3,(H,22,25)/b20-10-. The Labute approximate surface area is 157 Å². The first kappa shape index (κ1) is 17.5. The predicted molar refractivity (Wildman–Crippen MR) is 101 cm³/mol. The van der Waals surface area contributed by atoms with Gasteiger partial charge in [-0.25, -0.2) is 9.49 Å². The van der Waals surface area contributed by atoms with Crippen LogP contribution in [0.5, 0.6) is 5.75 Å². The van der Waals surface area contributed by atoms with E-state index in [1.165, 1.54) is 17.0 Å². The number of nitrogens with one attached hydrogen (secondary N) is 1. The minimum absolute atomic E-state index is 0.315. The maximum atomic E-state index is 13.9. The molecule has 8 heteroatoms. The maximum absolute atomic E-state index is 13.9. The molecule has 0 radical (unpaired) electrons. The summed E-state index contributed by atoms with van der Waals surface area (Å²) in [4.78, 5) is 0. The summed E-state index contributed by atoms with van der Waals surface area (Å²) in [5.74, 6) is 0.927. The Hall–Kier alpha value is -2.32. The molecular weight excluding hydrogens is 407 g/mol. The molecule has 0 unspecified atom stereocenters. The summed E-state index contributed by atoms with van der Waals surface area (Å²) >= 11 is 8.53. The van der Waals surface area contributed by atoms with Gasteiger partial charge >= 0.3 is 0 Å². The molecule has 0 atom stereocenters. The molecule has 1 aromatic heterocycles. The van der Waals surface area contributed by atoms with E-state index in [1.807, 2.05) is 31.2 Å². The second kappa shape index (κ2) is 7.71. The highest BCUT2D eigenvalue weighted by molar-refractivity contribution is 9.10. The van der Waals surface area contributed by atoms with Crippen LogP contribution in [-0.2, 0) is 0 Å². The lowest BCUT2D eigenvalue weighted by atomic mass is 10.2. The summed E-state index contributed by atoms with van der Waals surface area (Å²) in [6.45, 7) is 2.52. The van der Waals surface area contributed by atoms with E-state index >= 15 is 0 Å². The molecule has 0 bridgehead atoms. The Morgan fingerprint density at radius 1 is 1.32 bits per heavy atom. The number of aromatic nitrogens is 3. The van der Waals surface area contributed by atoms with Gasteiger partial charge in [-0.2, -0.15) is 14.9 Å². The van der Waals surface area contributed by atoms with E-state index in [2.05, 4.69) is 31.2 Å². The van der Waals surface area contributed by atoms with E-state index in [-0.39, 0.29) is 5.82 Å². The van der Waals surface area contributed by atoms with Gasteiger partial charge < -0.3 is 4.74 Å². The van der Waals surface area contributed by atoms with Crippen molar-refractivity contribution in [2.24, 2.45) is 5.10 Å². The van der Waals surface area contributed by atoms with E-state index < -0.39 is 0 Å². The van der Waals surface area contributed by atoms with Crippen LogP contribution in [0.15, 0.2) is 52.0 Å². The summed E-state index contributed by atoms with van der Waals surface area (Å²) in [5.41, 5.74) is 1.15. The molecule has 5 nitrogen and oxygen atoms in total. The Morgan fingerprint density at radius 2 is 2.08 bits per heavy atom. The van der Waals surface area contributed by atoms with Gasteiger partial charge in [-0.3, -0.25) is 0 Å². The first-order valence-corrected chi connectivity index (χ1v) is 8.68. The van der Waals surface area contributed by atoms with Gasteiger partial charge in [-0.15, -0.1) is 0 Å². The first-order valence-electron chi connectivity index (χ1n) is 7.48. The van der Waals surface area contributed by atoms with Gasteiger partial charge in [0.15, 0.2) is 5.82 Å². The fraction of sp³-hybridized carbons (Fsp3) is 0.118. The highest BCUT2D eigenvalue weighted by atomic mass is 79.9. The second-order valence-electron chi connectivity index (χ2n) is 5.03. The average Bonchev–Trinajstić information content (AvgIpc) is 2.97. The summed E-state index contributed by atoms with van der Waals surface area (Å²) in [7, 11) is 0. The van der Waals surface area contributed by atoms with Crippen LogP contribution < -0.4 is 4.74 Å². The SMILES string of the molecule is CCOc1ccc(-c2n[nH]c(=S)n2/N=C\c2cc(Br)ccc2F)cc1. The molecule has 3 rings (SSSR count). The molecule has 0 aliphatic heterocycles. The lowest BCUT2D eigenvalue weighted by molar-refractivity contribution is 0.340. The fourth-order valence-electron chi connectivity index (χ4n) is 2.19. The van der Waals surface area contributed by atoms with Crippen molar-refractivity contribution in [3.63, 3.8) is 0 Å². The molecule has 2 aromatic carbocycles. The lowest BCUT2D eigenvalue weighted by Crippen LogP contribution is -1.97. The number of ether oxygens (including phenoxy) is 1. The van der Waals surface area contributed by atoms with E-state index in [9.17, 15) is 4.39 Å². The second-order valence-corrected chi connectivity index (χ2v) is 6.33. The monoisotopic (exact) mass is 420 g/mol. The van der Waals surface area contributed by atoms with Crippen molar-refractivity contribution in [1.29, 1.82) is 0 Å². The van der Waals surface area contributed by atoms with Gasteiger partial charge in [0, 0.05) is 15.6 Å². The number of hydrogen-bond donors (Lipinski definition) is 1. The Balaban J connectivity index is 1.95. The van der Waals surface area contributed by atoms with Crippen molar-refractivity contribution in [2.75, 3.05) is 6.61 Å². The molecule has 25 heavy (non-hydrogen) atoms. The van der Waals surface area contributed by atoms with E-state index in [4.69, 9.17) is 17.0 Å². The van der Waals surface area contributed by atoms with Crippen molar-refractivity contribution in [1.82, 2.24) is 14.9 Å². The number of nitrogens with zero attached hydrogens (tertiary/aromatic N) is 3. The van der Waals surface area contributed by atoms with Crippen LogP contribution in [0.3, 0.4) is 0 Å². The predicted octanol–water partition coefficient (Wildman–Crippen LogP) is 4.79. The minimum atomic E-state index is -0.371. The summed E-state index contributed by atoms with van der Waals surface area (Å²) in [5, 5.41) is 11.2. The Kier molecular flexibility index (Phi) is 5.40. The van der Waals surface area contributed by atoms with Gasteiger partial charge in [0.1, 0.15) is 11.6 Å². The highest BCUT2D eigenvalue weighted by Gasteiger charge is 2.09. The van der Waals surface area contributed by atoms with Crippen LogP contribution in [0, 0.1) is 10.6 Å². The van der Waals surface area contributed by atoms with E-state index in [0.29, 0.717) is 22.8 Å².